The van der Waals surface area contributed by atoms with Crippen molar-refractivity contribution in [3.8, 4) is 5.75 Å². The number of aryl methyl sites for hydroxylation is 1. The van der Waals surface area contributed by atoms with Gasteiger partial charge in [0.2, 0.25) is 0 Å². The van der Waals surface area contributed by atoms with Crippen molar-refractivity contribution in [2.45, 2.75) is 6.92 Å². The summed E-state index contributed by atoms with van der Waals surface area (Å²) >= 11 is 0. The molecule has 0 fully saturated rings. The Kier molecular flexibility index (Phi) is 6.16. The summed E-state index contributed by atoms with van der Waals surface area (Å²) < 4.78 is 14.6. The van der Waals surface area contributed by atoms with E-state index < -0.39 is 0 Å². The molecular weight excluding hydrogens is 187 g/mol. The molecule has 0 saturated carbocycles. The third kappa shape index (κ3) is 4.07. The maximum Gasteiger partial charge on any atom is 2.00 e. The van der Waals surface area contributed by atoms with Gasteiger partial charge < -0.3 is 7.38 Å². The van der Waals surface area contributed by atoms with Gasteiger partial charge in [0.1, 0.15) is 5.75 Å². The van der Waals surface area contributed by atoms with E-state index in [1.807, 2.05) is 19.1 Å². The van der Waals surface area contributed by atoms with Crippen LogP contribution in [0.2, 0.25) is 0 Å². The van der Waals surface area contributed by atoms with Gasteiger partial charge in [-0.3, -0.25) is 0 Å². The normalized spacial score (nSPS) is 8.82. The van der Waals surface area contributed by atoms with Crippen molar-refractivity contribution in [3.05, 3.63) is 29.8 Å². The number of hydrogen-bond donors (Lipinski definition) is 0. The summed E-state index contributed by atoms with van der Waals surface area (Å²) in [5.74, 6) is 0.627. The molecule has 0 aliphatic heterocycles. The van der Waals surface area contributed by atoms with E-state index in [1.54, 1.807) is 12.1 Å². The van der Waals surface area contributed by atoms with E-state index in [9.17, 15) is 4.57 Å². The van der Waals surface area contributed by atoms with Crippen molar-refractivity contribution in [1.29, 1.82) is 0 Å². The fourth-order valence-corrected chi connectivity index (χ4v) is 0.850. The molecule has 1 aromatic rings. The van der Waals surface area contributed by atoms with Gasteiger partial charge in [-0.15, -0.1) is 0 Å². The second-order valence-electron chi connectivity index (χ2n) is 1.98. The minimum absolute atomic E-state index is 0. The monoisotopic (exact) mass is 196 g/mol. The van der Waals surface area contributed by atoms with Gasteiger partial charge in [-0.05, 0) is 19.1 Å². The molecule has 1 aromatic carbocycles. The molecule has 56 valence electrons. The molecule has 0 atom stereocenters. The van der Waals surface area contributed by atoms with Crippen LogP contribution in [0.4, 0.5) is 0 Å². The van der Waals surface area contributed by atoms with E-state index in [1.165, 1.54) is 0 Å². The van der Waals surface area contributed by atoms with Crippen molar-refractivity contribution in [1.82, 2.24) is 0 Å². The van der Waals surface area contributed by atoms with Crippen molar-refractivity contribution < 1.29 is 11.9 Å². The van der Waals surface area contributed by atoms with Crippen LogP contribution in [-0.4, -0.2) is 37.7 Å². The summed E-state index contributed by atoms with van der Waals surface area (Å²) in [5.41, 5.74) is 1.16. The van der Waals surface area contributed by atoms with E-state index >= 15 is 0 Å². The van der Waals surface area contributed by atoms with Crippen LogP contribution in [0, 0.1) is 6.92 Å². The van der Waals surface area contributed by atoms with E-state index in [0.29, 0.717) is 5.75 Å². The molecule has 0 N–H and O–H groups in total. The Balaban J connectivity index is -0.000000333. The standard InChI is InChI=1S/C7H7O2P.Ca.2H/c1-6-2-4-7(5-3-6)9-10-8;;;/h2-5H,1H3;;;/q;+2;2*-1. The average Bonchev–Trinajstić information content (AvgIpc) is 1.95. The zero-order chi connectivity index (χ0) is 7.40. The quantitative estimate of drug-likeness (QED) is 0.536. The molecule has 0 aliphatic carbocycles. The first-order valence-electron chi connectivity index (χ1n) is 2.89. The number of rotatable bonds is 2. The summed E-state index contributed by atoms with van der Waals surface area (Å²) in [6, 6.07) is 7.36. The SMILES string of the molecule is Cc1ccc(OP=O)cc1.[Ca+2].[H-].[H-]. The Morgan fingerprint density at radius 2 is 1.91 bits per heavy atom. The van der Waals surface area contributed by atoms with Crippen LogP contribution in [0.15, 0.2) is 24.3 Å². The van der Waals surface area contributed by atoms with Crippen LogP contribution >= 0.6 is 8.69 Å². The van der Waals surface area contributed by atoms with Crippen molar-refractivity contribution in [3.63, 3.8) is 0 Å². The predicted molar refractivity (Wildman–Crippen MR) is 47.4 cm³/mol. The number of hydrogen-bond acceptors (Lipinski definition) is 2. The average molecular weight is 196 g/mol. The summed E-state index contributed by atoms with van der Waals surface area (Å²) in [6.07, 6.45) is 0. The van der Waals surface area contributed by atoms with Gasteiger partial charge in [-0.2, -0.15) is 0 Å². The molecule has 0 unspecified atom stereocenters. The first kappa shape index (κ1) is 11.4. The molecule has 0 aromatic heterocycles. The van der Waals surface area contributed by atoms with Gasteiger partial charge >= 0.3 is 46.4 Å². The van der Waals surface area contributed by atoms with Gasteiger partial charge in [0.05, 0.1) is 0 Å². The Bertz CT molecular complexity index is 230. The van der Waals surface area contributed by atoms with Gasteiger partial charge in [-0.1, -0.05) is 17.7 Å². The topological polar surface area (TPSA) is 26.3 Å². The largest absolute Gasteiger partial charge is 2.00 e. The number of benzene rings is 1. The molecular formula is C7H9CaO2P. The van der Waals surface area contributed by atoms with Gasteiger partial charge in [0, 0.05) is 0 Å². The molecule has 2 nitrogen and oxygen atoms in total. The minimum Gasteiger partial charge on any atom is -1.00 e. The molecule has 0 saturated heterocycles. The Morgan fingerprint density at radius 3 is 2.36 bits per heavy atom. The van der Waals surface area contributed by atoms with Crippen LogP contribution in [0.1, 0.15) is 8.42 Å². The molecule has 0 amide bonds. The Hall–Kier alpha value is 0.380. The van der Waals surface area contributed by atoms with E-state index in [-0.39, 0.29) is 49.3 Å². The second-order valence-corrected chi connectivity index (χ2v) is 2.31. The smallest absolute Gasteiger partial charge is 1.00 e. The first-order chi connectivity index (χ1) is 4.83. The van der Waals surface area contributed by atoms with E-state index in [4.69, 9.17) is 0 Å². The Morgan fingerprint density at radius 1 is 1.36 bits per heavy atom. The van der Waals surface area contributed by atoms with E-state index in [2.05, 4.69) is 4.52 Å². The van der Waals surface area contributed by atoms with Crippen LogP contribution in [0.3, 0.4) is 0 Å². The molecule has 0 aliphatic rings. The molecule has 4 heteroatoms. The van der Waals surface area contributed by atoms with E-state index in [0.717, 1.165) is 5.56 Å². The van der Waals surface area contributed by atoms with Crippen molar-refractivity contribution in [2.75, 3.05) is 0 Å². The van der Waals surface area contributed by atoms with Gasteiger partial charge in [-0.25, -0.2) is 4.57 Å². The second kappa shape index (κ2) is 5.96. The third-order valence-corrected chi connectivity index (χ3v) is 1.45. The van der Waals surface area contributed by atoms with Crippen molar-refractivity contribution >= 4 is 46.4 Å². The summed E-state index contributed by atoms with van der Waals surface area (Å²) in [5, 5.41) is 0. The first-order valence-corrected chi connectivity index (χ1v) is 3.62. The summed E-state index contributed by atoms with van der Waals surface area (Å²) in [6.45, 7) is 1.98. The van der Waals surface area contributed by atoms with Crippen molar-refractivity contribution in [2.24, 2.45) is 0 Å². The molecule has 1 rings (SSSR count). The minimum atomic E-state index is -0.304. The fourth-order valence-electron chi connectivity index (χ4n) is 0.642. The Labute approximate surface area is 100 Å². The zero-order valence-corrected chi connectivity index (χ0v) is 9.38. The van der Waals surface area contributed by atoms with Gasteiger partial charge in [0.15, 0.2) is 0 Å². The van der Waals surface area contributed by atoms with Crippen LogP contribution in [-0.2, 0) is 4.57 Å². The van der Waals surface area contributed by atoms with Crippen LogP contribution in [0.25, 0.3) is 0 Å². The van der Waals surface area contributed by atoms with Gasteiger partial charge in [0.25, 0.3) is 0 Å². The molecule has 0 bridgehead atoms. The maximum absolute atomic E-state index is 9.93. The summed E-state index contributed by atoms with van der Waals surface area (Å²) in [4.78, 5) is 0. The predicted octanol–water partition coefficient (Wildman–Crippen LogP) is 2.42. The zero-order valence-electron chi connectivity index (χ0n) is 8.28. The third-order valence-electron chi connectivity index (χ3n) is 1.16. The molecule has 0 radical (unpaired) electrons. The molecule has 0 spiro atoms. The maximum atomic E-state index is 9.93. The fraction of sp³-hybridized carbons (Fsp3) is 0.143. The summed E-state index contributed by atoms with van der Waals surface area (Å²) in [7, 11) is -0.304. The molecule has 11 heavy (non-hydrogen) atoms. The van der Waals surface area contributed by atoms with Crippen LogP contribution < -0.4 is 4.52 Å². The molecule has 0 heterocycles. The van der Waals surface area contributed by atoms with Crippen LogP contribution in [0.5, 0.6) is 5.75 Å².